The fourth-order valence-electron chi connectivity index (χ4n) is 3.23. The molecule has 28 heavy (non-hydrogen) atoms. The molecule has 6 nitrogen and oxygen atoms in total. The first-order valence-corrected chi connectivity index (χ1v) is 9.11. The first-order chi connectivity index (χ1) is 13.7. The summed E-state index contributed by atoms with van der Waals surface area (Å²) < 4.78 is 3.78. The lowest BCUT2D eigenvalue weighted by Gasteiger charge is -2.20. The van der Waals surface area contributed by atoms with Gasteiger partial charge in [-0.15, -0.1) is 0 Å². The second-order valence-corrected chi connectivity index (χ2v) is 6.59. The van der Waals surface area contributed by atoms with Crippen molar-refractivity contribution in [1.82, 2.24) is 24.4 Å². The summed E-state index contributed by atoms with van der Waals surface area (Å²) in [6, 6.07) is 19.6. The number of carbonyl (C=O) groups excluding carboxylic acids is 1. The van der Waals surface area contributed by atoms with Gasteiger partial charge in [-0.3, -0.25) is 4.79 Å². The van der Waals surface area contributed by atoms with Crippen LogP contribution in [0.4, 0.5) is 0 Å². The van der Waals surface area contributed by atoms with E-state index in [4.69, 9.17) is 0 Å². The molecule has 0 aliphatic carbocycles. The van der Waals surface area contributed by atoms with Gasteiger partial charge in [0.1, 0.15) is 11.5 Å². The molecule has 0 radical (unpaired) electrons. The largest absolute Gasteiger partial charge is 0.342 e. The molecule has 6 heteroatoms. The molecule has 0 saturated carbocycles. The lowest BCUT2D eigenvalue weighted by Crippen LogP contribution is -2.32. The van der Waals surface area contributed by atoms with Crippen molar-refractivity contribution in [2.75, 3.05) is 0 Å². The summed E-state index contributed by atoms with van der Waals surface area (Å²) >= 11 is 0. The number of rotatable bonds is 6. The van der Waals surface area contributed by atoms with Crippen molar-refractivity contribution in [2.45, 2.75) is 12.6 Å². The summed E-state index contributed by atoms with van der Waals surface area (Å²) in [5, 5.41) is 3.15. The monoisotopic (exact) mass is 371 g/mol. The maximum absolute atomic E-state index is 13.0. The van der Waals surface area contributed by atoms with Crippen molar-refractivity contribution in [2.24, 2.45) is 7.05 Å². The molecule has 0 saturated heterocycles. The summed E-state index contributed by atoms with van der Waals surface area (Å²) in [5.41, 5.74) is 2.53. The third kappa shape index (κ3) is 3.71. The highest BCUT2D eigenvalue weighted by atomic mass is 16.2. The zero-order valence-electron chi connectivity index (χ0n) is 15.6. The summed E-state index contributed by atoms with van der Waals surface area (Å²) in [6.07, 6.45) is 6.99. The maximum Gasteiger partial charge on any atom is 0.270 e. The van der Waals surface area contributed by atoms with E-state index in [9.17, 15) is 4.79 Å². The third-order valence-corrected chi connectivity index (χ3v) is 4.71. The first kappa shape index (κ1) is 17.7. The number of imidazole rings is 2. The normalized spacial score (nSPS) is 11.9. The average molecular weight is 371 g/mol. The van der Waals surface area contributed by atoms with Crippen molar-refractivity contribution in [3.63, 3.8) is 0 Å². The minimum Gasteiger partial charge on any atom is -0.342 e. The van der Waals surface area contributed by atoms with E-state index < -0.39 is 0 Å². The van der Waals surface area contributed by atoms with Crippen molar-refractivity contribution < 1.29 is 4.79 Å². The van der Waals surface area contributed by atoms with Gasteiger partial charge in [0.2, 0.25) is 0 Å². The summed E-state index contributed by atoms with van der Waals surface area (Å²) in [4.78, 5) is 21.6. The fraction of sp³-hybridized carbons (Fsp3) is 0.136. The zero-order chi connectivity index (χ0) is 19.3. The average Bonchev–Trinajstić information content (AvgIpc) is 3.38. The Morgan fingerprint density at radius 1 is 1.07 bits per heavy atom. The molecule has 4 aromatic rings. The predicted molar refractivity (Wildman–Crippen MR) is 108 cm³/mol. The van der Waals surface area contributed by atoms with Crippen molar-refractivity contribution in [3.8, 4) is 11.4 Å². The van der Waals surface area contributed by atoms with E-state index >= 15 is 0 Å². The molecule has 1 unspecified atom stereocenters. The Morgan fingerprint density at radius 2 is 1.79 bits per heavy atom. The van der Waals surface area contributed by atoms with E-state index in [-0.39, 0.29) is 11.9 Å². The van der Waals surface area contributed by atoms with E-state index in [0.29, 0.717) is 12.2 Å². The number of nitrogens with one attached hydrogen (secondary N) is 1. The quantitative estimate of drug-likeness (QED) is 0.565. The lowest BCUT2D eigenvalue weighted by atomic mass is 10.1. The van der Waals surface area contributed by atoms with Gasteiger partial charge in [0.05, 0.1) is 18.6 Å². The molecule has 140 valence electrons. The lowest BCUT2D eigenvalue weighted by molar-refractivity contribution is 0.0924. The van der Waals surface area contributed by atoms with Crippen LogP contribution in [-0.2, 0) is 13.6 Å². The van der Waals surface area contributed by atoms with Crippen LogP contribution in [0.15, 0.2) is 85.6 Å². The van der Waals surface area contributed by atoms with Crippen LogP contribution in [-0.4, -0.2) is 25.0 Å². The zero-order valence-corrected chi connectivity index (χ0v) is 15.6. The predicted octanol–water partition coefficient (Wildman–Crippen LogP) is 3.45. The Balaban J connectivity index is 1.59. The highest BCUT2D eigenvalue weighted by molar-refractivity contribution is 5.93. The van der Waals surface area contributed by atoms with Gasteiger partial charge in [-0.05, 0) is 5.56 Å². The second-order valence-electron chi connectivity index (χ2n) is 6.59. The summed E-state index contributed by atoms with van der Waals surface area (Å²) in [6.45, 7) is 0.596. The van der Waals surface area contributed by atoms with Crippen LogP contribution in [0.25, 0.3) is 11.4 Å². The highest BCUT2D eigenvalue weighted by Gasteiger charge is 2.20. The van der Waals surface area contributed by atoms with E-state index in [1.54, 1.807) is 18.7 Å². The third-order valence-electron chi connectivity index (χ3n) is 4.71. The van der Waals surface area contributed by atoms with Gasteiger partial charge in [0, 0.05) is 31.5 Å². The smallest absolute Gasteiger partial charge is 0.270 e. The molecule has 1 N–H and O–H groups in total. The molecule has 0 spiro atoms. The van der Waals surface area contributed by atoms with Crippen LogP contribution >= 0.6 is 0 Å². The van der Waals surface area contributed by atoms with Crippen molar-refractivity contribution >= 4 is 5.91 Å². The van der Waals surface area contributed by atoms with Crippen LogP contribution in [0.3, 0.4) is 0 Å². The molecule has 2 aromatic carbocycles. The van der Waals surface area contributed by atoms with Gasteiger partial charge in [0.25, 0.3) is 5.91 Å². The van der Waals surface area contributed by atoms with Crippen LogP contribution in [0.5, 0.6) is 0 Å². The molecule has 1 amide bonds. The number of benzene rings is 2. The molecule has 0 bridgehead atoms. The summed E-state index contributed by atoms with van der Waals surface area (Å²) in [5.74, 6) is 0.600. The van der Waals surface area contributed by atoms with Crippen LogP contribution in [0.1, 0.15) is 22.1 Å². The molecule has 1 atom stereocenters. The molecule has 0 fully saturated rings. The Bertz CT molecular complexity index is 1040. The molecule has 2 aromatic heterocycles. The minimum atomic E-state index is -0.182. The second kappa shape index (κ2) is 7.92. The topological polar surface area (TPSA) is 64.7 Å². The molecular weight excluding hydrogens is 350 g/mol. The number of hydrogen-bond acceptors (Lipinski definition) is 3. The Kier molecular flexibility index (Phi) is 5.01. The van der Waals surface area contributed by atoms with E-state index in [0.717, 1.165) is 17.0 Å². The van der Waals surface area contributed by atoms with Crippen LogP contribution in [0.2, 0.25) is 0 Å². The molecule has 0 aliphatic heterocycles. The Hall–Kier alpha value is -3.67. The Morgan fingerprint density at radius 3 is 2.46 bits per heavy atom. The standard InChI is InChI=1S/C22H21N5O/c1-26-20(14-24-21(26)18-10-6-3-7-11-18)22(28)25-19(15-27-13-12-23-16-27)17-8-4-2-5-9-17/h2-14,16,19H,15H2,1H3,(H,25,28). The Labute approximate surface area is 163 Å². The van der Waals surface area contributed by atoms with Crippen molar-refractivity contribution in [1.29, 1.82) is 0 Å². The summed E-state index contributed by atoms with van der Waals surface area (Å²) in [7, 11) is 1.86. The van der Waals surface area contributed by atoms with Gasteiger partial charge in [-0.25, -0.2) is 9.97 Å². The number of amides is 1. The van der Waals surface area contributed by atoms with E-state index in [1.165, 1.54) is 0 Å². The van der Waals surface area contributed by atoms with Gasteiger partial charge >= 0.3 is 0 Å². The molecular formula is C22H21N5O. The molecule has 2 heterocycles. The van der Waals surface area contributed by atoms with Gasteiger partial charge in [0.15, 0.2) is 0 Å². The number of hydrogen-bond donors (Lipinski definition) is 1. The van der Waals surface area contributed by atoms with Crippen LogP contribution < -0.4 is 5.32 Å². The molecule has 4 rings (SSSR count). The van der Waals surface area contributed by atoms with Gasteiger partial charge < -0.3 is 14.5 Å². The van der Waals surface area contributed by atoms with Crippen molar-refractivity contribution in [3.05, 3.63) is 96.8 Å². The fourth-order valence-corrected chi connectivity index (χ4v) is 3.23. The van der Waals surface area contributed by atoms with Crippen LogP contribution in [0, 0.1) is 0 Å². The molecule has 0 aliphatic rings. The SMILES string of the molecule is Cn1c(C(=O)NC(Cn2ccnc2)c2ccccc2)cnc1-c1ccccc1. The number of carbonyl (C=O) groups is 1. The van der Waals surface area contributed by atoms with Gasteiger partial charge in [-0.2, -0.15) is 0 Å². The van der Waals surface area contributed by atoms with E-state index in [1.807, 2.05) is 83.0 Å². The minimum absolute atomic E-state index is 0.161. The maximum atomic E-state index is 13.0. The number of nitrogens with zero attached hydrogens (tertiary/aromatic N) is 4. The van der Waals surface area contributed by atoms with Gasteiger partial charge in [-0.1, -0.05) is 60.7 Å². The highest BCUT2D eigenvalue weighted by Crippen LogP contribution is 2.20. The first-order valence-electron chi connectivity index (χ1n) is 9.11. The number of aromatic nitrogens is 4. The van der Waals surface area contributed by atoms with E-state index in [2.05, 4.69) is 15.3 Å².